The van der Waals surface area contributed by atoms with E-state index in [0.29, 0.717) is 33.4 Å². The van der Waals surface area contributed by atoms with Crippen LogP contribution in [0, 0.1) is 19.7 Å². The van der Waals surface area contributed by atoms with Crippen molar-refractivity contribution in [3.8, 4) is 0 Å². The molecule has 0 spiro atoms. The van der Waals surface area contributed by atoms with Gasteiger partial charge in [0.05, 0.1) is 29.4 Å². The number of methoxy groups -OCH3 is 1. The van der Waals surface area contributed by atoms with Crippen molar-refractivity contribution in [3.63, 3.8) is 0 Å². The normalized spacial score (nSPS) is 10.6. The second-order valence-electron chi connectivity index (χ2n) is 5.93. The van der Waals surface area contributed by atoms with Crippen molar-refractivity contribution in [2.45, 2.75) is 13.8 Å². The molecule has 132 valence electrons. The molecule has 0 aliphatic carbocycles. The van der Waals surface area contributed by atoms with Gasteiger partial charge < -0.3 is 10.1 Å². The molecule has 1 heterocycles. The molecule has 0 atom stereocenters. The third kappa shape index (κ3) is 3.39. The first-order valence-corrected chi connectivity index (χ1v) is 7.96. The van der Waals surface area contributed by atoms with Gasteiger partial charge in [0.25, 0.3) is 5.91 Å². The first-order valence-electron chi connectivity index (χ1n) is 7.96. The number of nitrogens with one attached hydrogen (secondary N) is 1. The zero-order valence-electron chi connectivity index (χ0n) is 14.6. The molecule has 1 N–H and O–H groups in total. The first-order chi connectivity index (χ1) is 12.4. The van der Waals surface area contributed by atoms with Gasteiger partial charge in [-0.2, -0.15) is 0 Å². The summed E-state index contributed by atoms with van der Waals surface area (Å²) in [6.45, 7) is 3.52. The van der Waals surface area contributed by atoms with Crippen LogP contribution in [-0.4, -0.2) is 24.0 Å². The van der Waals surface area contributed by atoms with Crippen molar-refractivity contribution < 1.29 is 18.7 Å². The number of carbonyl (C=O) groups is 2. The molecular formula is C20H17FN2O3. The van der Waals surface area contributed by atoms with Gasteiger partial charge in [-0.1, -0.05) is 6.07 Å². The Bertz CT molecular complexity index is 1030. The Labute approximate surface area is 149 Å². The molecule has 5 nitrogen and oxygen atoms in total. The Morgan fingerprint density at radius 1 is 1.08 bits per heavy atom. The van der Waals surface area contributed by atoms with Crippen molar-refractivity contribution >= 4 is 28.5 Å². The molecule has 0 bridgehead atoms. The van der Waals surface area contributed by atoms with Crippen LogP contribution in [0.4, 0.5) is 10.1 Å². The minimum Gasteiger partial charge on any atom is -0.465 e. The summed E-state index contributed by atoms with van der Waals surface area (Å²) in [5, 5.41) is 3.47. The number of rotatable bonds is 3. The van der Waals surface area contributed by atoms with Crippen molar-refractivity contribution in [2.24, 2.45) is 0 Å². The lowest BCUT2D eigenvalue weighted by atomic mass is 10.1. The van der Waals surface area contributed by atoms with Gasteiger partial charge in [-0.15, -0.1) is 0 Å². The molecular weight excluding hydrogens is 335 g/mol. The molecule has 0 unspecified atom stereocenters. The van der Waals surface area contributed by atoms with Gasteiger partial charge in [0.1, 0.15) is 5.82 Å². The lowest BCUT2D eigenvalue weighted by molar-refractivity contribution is 0.0600. The van der Waals surface area contributed by atoms with Crippen LogP contribution in [0.15, 0.2) is 42.5 Å². The number of amides is 1. The van der Waals surface area contributed by atoms with E-state index in [0.717, 1.165) is 5.56 Å². The Hall–Kier alpha value is -3.28. The summed E-state index contributed by atoms with van der Waals surface area (Å²) in [6.07, 6.45) is 0. The largest absolute Gasteiger partial charge is 0.465 e. The number of pyridine rings is 1. The van der Waals surface area contributed by atoms with Crippen molar-refractivity contribution in [2.75, 3.05) is 12.4 Å². The summed E-state index contributed by atoms with van der Waals surface area (Å²) in [4.78, 5) is 28.7. The molecule has 3 aromatic rings. The van der Waals surface area contributed by atoms with Crippen LogP contribution in [-0.2, 0) is 4.74 Å². The highest BCUT2D eigenvalue weighted by Gasteiger charge is 2.15. The Morgan fingerprint density at radius 3 is 2.58 bits per heavy atom. The van der Waals surface area contributed by atoms with E-state index in [1.807, 2.05) is 6.92 Å². The van der Waals surface area contributed by atoms with Gasteiger partial charge in [-0.05, 0) is 49.7 Å². The average molecular weight is 352 g/mol. The second-order valence-corrected chi connectivity index (χ2v) is 5.93. The Morgan fingerprint density at radius 2 is 1.85 bits per heavy atom. The zero-order valence-corrected chi connectivity index (χ0v) is 14.6. The number of aromatic nitrogens is 1. The molecule has 6 heteroatoms. The number of ether oxygens (including phenoxy) is 1. The number of hydrogen-bond donors (Lipinski definition) is 1. The van der Waals surface area contributed by atoms with Crippen molar-refractivity contribution in [1.29, 1.82) is 0 Å². The topological polar surface area (TPSA) is 68.3 Å². The fraction of sp³-hybridized carbons (Fsp3) is 0.150. The molecule has 26 heavy (non-hydrogen) atoms. The van der Waals surface area contributed by atoms with E-state index in [1.54, 1.807) is 37.3 Å². The first kappa shape index (κ1) is 17.5. The van der Waals surface area contributed by atoms with Crippen LogP contribution in [0.5, 0.6) is 0 Å². The van der Waals surface area contributed by atoms with E-state index >= 15 is 0 Å². The highest BCUT2D eigenvalue weighted by molar-refractivity contribution is 6.07. The van der Waals surface area contributed by atoms with E-state index in [4.69, 9.17) is 4.74 Å². The minimum atomic E-state index is -0.480. The lowest BCUT2D eigenvalue weighted by Gasteiger charge is -2.12. The van der Waals surface area contributed by atoms with Crippen molar-refractivity contribution in [3.05, 3.63) is 70.7 Å². The number of anilines is 1. The lowest BCUT2D eigenvalue weighted by Crippen LogP contribution is -2.15. The zero-order chi connectivity index (χ0) is 18.8. The SMILES string of the molecule is COC(=O)c1ccc(C)c(NC(=O)c2cc3ccc(F)cc3nc2C)c1. The quantitative estimate of drug-likeness (QED) is 0.723. The maximum atomic E-state index is 13.3. The molecule has 2 aromatic carbocycles. The van der Waals surface area contributed by atoms with Crippen molar-refractivity contribution in [1.82, 2.24) is 4.98 Å². The summed E-state index contributed by atoms with van der Waals surface area (Å²) in [5.74, 6) is -1.21. The van der Waals surface area contributed by atoms with Crippen LogP contribution in [0.1, 0.15) is 32.0 Å². The molecule has 0 saturated carbocycles. The predicted molar refractivity (Wildman–Crippen MR) is 96.9 cm³/mol. The van der Waals surface area contributed by atoms with E-state index in [2.05, 4.69) is 10.3 Å². The van der Waals surface area contributed by atoms with Crippen LogP contribution in [0.3, 0.4) is 0 Å². The Balaban J connectivity index is 1.95. The highest BCUT2D eigenvalue weighted by atomic mass is 19.1. The number of benzene rings is 2. The molecule has 0 saturated heterocycles. The monoisotopic (exact) mass is 352 g/mol. The second kappa shape index (κ2) is 6.92. The van der Waals surface area contributed by atoms with Crippen LogP contribution >= 0.6 is 0 Å². The molecule has 0 aliphatic rings. The molecule has 0 radical (unpaired) electrons. The molecule has 0 fully saturated rings. The minimum absolute atomic E-state index is 0.345. The molecule has 1 aromatic heterocycles. The smallest absolute Gasteiger partial charge is 0.337 e. The number of nitrogens with zero attached hydrogens (tertiary/aromatic N) is 1. The van der Waals surface area contributed by atoms with Gasteiger partial charge in [0.15, 0.2) is 0 Å². The van der Waals surface area contributed by atoms with E-state index in [9.17, 15) is 14.0 Å². The Kier molecular flexibility index (Phi) is 4.67. The standard InChI is InChI=1S/C20H17FN2O3/c1-11-4-5-14(20(25)26-3)9-17(11)23-19(24)16-8-13-6-7-15(21)10-18(13)22-12(16)2/h4-10H,1-3H3,(H,23,24). The number of fused-ring (bicyclic) bond motifs is 1. The van der Waals surface area contributed by atoms with Crippen LogP contribution < -0.4 is 5.32 Å². The summed E-state index contributed by atoms with van der Waals surface area (Å²) < 4.78 is 18.0. The molecule has 1 amide bonds. The van der Waals surface area contributed by atoms with Crippen LogP contribution in [0.25, 0.3) is 10.9 Å². The average Bonchev–Trinajstić information content (AvgIpc) is 2.62. The van der Waals surface area contributed by atoms with E-state index in [1.165, 1.54) is 19.2 Å². The fourth-order valence-corrected chi connectivity index (χ4v) is 2.66. The maximum absolute atomic E-state index is 13.3. The van der Waals surface area contributed by atoms with Gasteiger partial charge >= 0.3 is 5.97 Å². The molecule has 0 aliphatic heterocycles. The summed E-state index contributed by atoms with van der Waals surface area (Å²) in [7, 11) is 1.30. The molecule has 3 rings (SSSR count). The summed E-state index contributed by atoms with van der Waals surface area (Å²) in [6, 6.07) is 10.8. The van der Waals surface area contributed by atoms with Gasteiger partial charge in [-0.25, -0.2) is 9.18 Å². The van der Waals surface area contributed by atoms with Crippen LogP contribution in [0.2, 0.25) is 0 Å². The third-order valence-electron chi connectivity index (χ3n) is 4.12. The fourth-order valence-electron chi connectivity index (χ4n) is 2.66. The number of aryl methyl sites for hydroxylation is 2. The predicted octanol–water partition coefficient (Wildman–Crippen LogP) is 4.03. The van der Waals surface area contributed by atoms with E-state index < -0.39 is 5.97 Å². The number of hydrogen-bond acceptors (Lipinski definition) is 4. The number of carbonyl (C=O) groups excluding carboxylic acids is 2. The van der Waals surface area contributed by atoms with Gasteiger partial charge in [0, 0.05) is 17.1 Å². The summed E-state index contributed by atoms with van der Waals surface area (Å²) >= 11 is 0. The van der Waals surface area contributed by atoms with Gasteiger partial charge in [-0.3, -0.25) is 9.78 Å². The third-order valence-corrected chi connectivity index (χ3v) is 4.12. The highest BCUT2D eigenvalue weighted by Crippen LogP contribution is 2.21. The number of halogens is 1. The van der Waals surface area contributed by atoms with E-state index in [-0.39, 0.29) is 11.7 Å². The maximum Gasteiger partial charge on any atom is 0.337 e. The summed E-state index contributed by atoms with van der Waals surface area (Å²) in [5.41, 5.74) is 3.02. The number of esters is 1. The van der Waals surface area contributed by atoms with Gasteiger partial charge in [0.2, 0.25) is 0 Å².